The van der Waals surface area contributed by atoms with E-state index in [4.69, 9.17) is 23.2 Å². The Bertz CT molecular complexity index is 652. The zero-order valence-corrected chi connectivity index (χ0v) is 12.0. The normalized spacial score (nSPS) is 17.1. The first-order valence-corrected chi connectivity index (χ1v) is 7.03. The molecule has 0 heterocycles. The molecular weight excluding hydrogens is 300 g/mol. The van der Waals surface area contributed by atoms with Crippen molar-refractivity contribution in [2.45, 2.75) is 18.9 Å². The number of fused-ring (bicyclic) bond motifs is 1. The summed E-state index contributed by atoms with van der Waals surface area (Å²) in [5.41, 5.74) is 2.69. The predicted octanol–water partition coefficient (Wildman–Crippen LogP) is 4.94. The summed E-state index contributed by atoms with van der Waals surface area (Å²) in [6.07, 6.45) is 1.67. The summed E-state index contributed by atoms with van der Waals surface area (Å²) in [7, 11) is 0. The van der Waals surface area contributed by atoms with Gasteiger partial charge in [0.05, 0.1) is 16.1 Å². The molecule has 0 aliphatic heterocycles. The average molecular weight is 312 g/mol. The SMILES string of the molecule is Oc1cccc2c1CCC2Nc1cc(Cl)c(F)c(Cl)c1. The quantitative estimate of drug-likeness (QED) is 0.770. The zero-order valence-electron chi connectivity index (χ0n) is 10.5. The largest absolute Gasteiger partial charge is 0.508 e. The number of nitrogens with one attached hydrogen (secondary N) is 1. The molecule has 0 amide bonds. The predicted molar refractivity (Wildman–Crippen MR) is 79.2 cm³/mol. The number of hydrogen-bond acceptors (Lipinski definition) is 2. The molecule has 5 heteroatoms. The third kappa shape index (κ3) is 2.32. The molecular formula is C15H12Cl2FNO. The van der Waals surface area contributed by atoms with Gasteiger partial charge in [-0.2, -0.15) is 0 Å². The number of hydrogen-bond donors (Lipinski definition) is 2. The van der Waals surface area contributed by atoms with E-state index in [9.17, 15) is 9.50 Å². The van der Waals surface area contributed by atoms with Crippen molar-refractivity contribution in [2.75, 3.05) is 5.32 Å². The first-order chi connectivity index (χ1) is 9.56. The summed E-state index contributed by atoms with van der Waals surface area (Å²) in [5, 5.41) is 13.1. The summed E-state index contributed by atoms with van der Waals surface area (Å²) in [4.78, 5) is 0. The van der Waals surface area contributed by atoms with E-state index in [1.54, 1.807) is 6.07 Å². The van der Waals surface area contributed by atoms with E-state index < -0.39 is 5.82 Å². The van der Waals surface area contributed by atoms with Crippen molar-refractivity contribution in [1.29, 1.82) is 0 Å². The molecule has 1 unspecified atom stereocenters. The van der Waals surface area contributed by atoms with Crippen molar-refractivity contribution >= 4 is 28.9 Å². The van der Waals surface area contributed by atoms with E-state index in [-0.39, 0.29) is 16.1 Å². The lowest BCUT2D eigenvalue weighted by Gasteiger charge is -2.16. The lowest BCUT2D eigenvalue weighted by atomic mass is 10.1. The fourth-order valence-electron chi connectivity index (χ4n) is 2.63. The van der Waals surface area contributed by atoms with E-state index >= 15 is 0 Å². The minimum atomic E-state index is -0.608. The fraction of sp³-hybridized carbons (Fsp3) is 0.200. The summed E-state index contributed by atoms with van der Waals surface area (Å²) in [6, 6.07) is 8.58. The van der Waals surface area contributed by atoms with Crippen LogP contribution in [0.4, 0.5) is 10.1 Å². The van der Waals surface area contributed by atoms with Gasteiger partial charge in [0, 0.05) is 5.69 Å². The van der Waals surface area contributed by atoms with Crippen molar-refractivity contribution in [2.24, 2.45) is 0 Å². The summed E-state index contributed by atoms with van der Waals surface area (Å²) in [5.74, 6) is -0.287. The van der Waals surface area contributed by atoms with E-state index in [1.165, 1.54) is 12.1 Å². The molecule has 20 heavy (non-hydrogen) atoms. The maximum atomic E-state index is 13.4. The molecule has 2 aromatic carbocycles. The van der Waals surface area contributed by atoms with Crippen LogP contribution < -0.4 is 5.32 Å². The Morgan fingerprint density at radius 2 is 1.90 bits per heavy atom. The highest BCUT2D eigenvalue weighted by molar-refractivity contribution is 6.35. The first kappa shape index (κ1) is 13.5. The Morgan fingerprint density at radius 1 is 1.20 bits per heavy atom. The Morgan fingerprint density at radius 3 is 2.60 bits per heavy atom. The smallest absolute Gasteiger partial charge is 0.160 e. The van der Waals surface area contributed by atoms with Gasteiger partial charge in [0.2, 0.25) is 0 Å². The number of anilines is 1. The molecule has 0 spiro atoms. The van der Waals surface area contributed by atoms with Crippen molar-refractivity contribution in [3.8, 4) is 5.75 Å². The van der Waals surface area contributed by atoms with Crippen LogP contribution in [0.3, 0.4) is 0 Å². The van der Waals surface area contributed by atoms with Gasteiger partial charge in [0.15, 0.2) is 5.82 Å². The fourth-order valence-corrected chi connectivity index (χ4v) is 3.11. The van der Waals surface area contributed by atoms with Gasteiger partial charge in [-0.05, 0) is 42.2 Å². The molecule has 104 valence electrons. The number of aromatic hydroxyl groups is 1. The third-order valence-corrected chi connectivity index (χ3v) is 4.12. The van der Waals surface area contributed by atoms with Crippen LogP contribution in [0.25, 0.3) is 0 Å². The van der Waals surface area contributed by atoms with Crippen molar-refractivity contribution in [3.05, 3.63) is 57.3 Å². The van der Waals surface area contributed by atoms with Crippen LogP contribution in [0, 0.1) is 5.82 Å². The van der Waals surface area contributed by atoms with E-state index in [2.05, 4.69) is 5.32 Å². The van der Waals surface area contributed by atoms with Crippen LogP contribution in [0.2, 0.25) is 10.0 Å². The molecule has 0 saturated carbocycles. The summed E-state index contributed by atoms with van der Waals surface area (Å²) < 4.78 is 13.4. The van der Waals surface area contributed by atoms with Gasteiger partial charge >= 0.3 is 0 Å². The minimum absolute atomic E-state index is 0.00544. The van der Waals surface area contributed by atoms with Crippen LogP contribution in [-0.2, 0) is 6.42 Å². The topological polar surface area (TPSA) is 32.3 Å². The van der Waals surface area contributed by atoms with Crippen LogP contribution in [0.1, 0.15) is 23.6 Å². The standard InChI is InChI=1S/C15H12Cl2FNO/c16-11-6-8(7-12(17)15(11)18)19-13-5-4-10-9(13)2-1-3-14(10)20/h1-3,6-7,13,19-20H,4-5H2. The molecule has 2 aromatic rings. The Hall–Kier alpha value is -1.45. The van der Waals surface area contributed by atoms with Crippen LogP contribution in [0.15, 0.2) is 30.3 Å². The van der Waals surface area contributed by atoms with Gasteiger partial charge in [0.25, 0.3) is 0 Å². The number of rotatable bonds is 2. The van der Waals surface area contributed by atoms with Crippen LogP contribution in [-0.4, -0.2) is 5.11 Å². The van der Waals surface area contributed by atoms with Gasteiger partial charge in [0.1, 0.15) is 5.75 Å². The maximum Gasteiger partial charge on any atom is 0.160 e. The molecule has 0 fully saturated rings. The van der Waals surface area contributed by atoms with E-state index in [1.807, 2.05) is 12.1 Å². The molecule has 0 radical (unpaired) electrons. The molecule has 0 saturated heterocycles. The second kappa shape index (κ2) is 5.15. The summed E-state index contributed by atoms with van der Waals surface area (Å²) in [6.45, 7) is 0. The highest BCUT2D eigenvalue weighted by Crippen LogP contribution is 2.39. The van der Waals surface area contributed by atoms with Crippen LogP contribution >= 0.6 is 23.2 Å². The third-order valence-electron chi connectivity index (χ3n) is 3.57. The molecule has 3 rings (SSSR count). The number of benzene rings is 2. The van der Waals surface area contributed by atoms with Crippen LogP contribution in [0.5, 0.6) is 5.75 Å². The maximum absolute atomic E-state index is 13.4. The summed E-state index contributed by atoms with van der Waals surface area (Å²) >= 11 is 11.6. The molecule has 1 atom stereocenters. The molecule has 0 aromatic heterocycles. The lowest BCUT2D eigenvalue weighted by molar-refractivity contribution is 0.469. The monoisotopic (exact) mass is 311 g/mol. The highest BCUT2D eigenvalue weighted by atomic mass is 35.5. The molecule has 1 aliphatic rings. The minimum Gasteiger partial charge on any atom is -0.508 e. The zero-order chi connectivity index (χ0) is 14.3. The van der Waals surface area contributed by atoms with Gasteiger partial charge < -0.3 is 10.4 Å². The number of phenolic OH excluding ortho intramolecular Hbond substituents is 1. The van der Waals surface area contributed by atoms with Gasteiger partial charge in [-0.25, -0.2) is 4.39 Å². The highest BCUT2D eigenvalue weighted by Gasteiger charge is 2.24. The molecule has 2 N–H and O–H groups in total. The second-order valence-electron chi connectivity index (χ2n) is 4.83. The Labute approximate surface area is 126 Å². The van der Waals surface area contributed by atoms with Gasteiger partial charge in [-0.15, -0.1) is 0 Å². The van der Waals surface area contributed by atoms with Crippen molar-refractivity contribution in [1.82, 2.24) is 0 Å². The van der Waals surface area contributed by atoms with E-state index in [0.29, 0.717) is 11.4 Å². The van der Waals surface area contributed by atoms with Gasteiger partial charge in [-0.1, -0.05) is 35.3 Å². The molecule has 0 bridgehead atoms. The number of halogens is 3. The average Bonchev–Trinajstić information content (AvgIpc) is 2.81. The van der Waals surface area contributed by atoms with Crippen molar-refractivity contribution in [3.63, 3.8) is 0 Å². The second-order valence-corrected chi connectivity index (χ2v) is 5.65. The first-order valence-electron chi connectivity index (χ1n) is 6.28. The Kier molecular flexibility index (Phi) is 3.48. The van der Waals surface area contributed by atoms with E-state index in [0.717, 1.165) is 24.0 Å². The molecule has 1 aliphatic carbocycles. The lowest BCUT2D eigenvalue weighted by Crippen LogP contribution is -2.07. The molecule has 2 nitrogen and oxygen atoms in total. The van der Waals surface area contributed by atoms with Gasteiger partial charge in [-0.3, -0.25) is 0 Å². The Balaban J connectivity index is 1.90. The number of phenols is 1. The van der Waals surface area contributed by atoms with Crippen molar-refractivity contribution < 1.29 is 9.50 Å².